The maximum absolute atomic E-state index is 12.0. The molecule has 0 saturated carbocycles. The Kier molecular flexibility index (Phi) is 4.93. The van der Waals surface area contributed by atoms with Gasteiger partial charge < -0.3 is 15.5 Å². The van der Waals surface area contributed by atoms with E-state index in [4.69, 9.17) is 0 Å². The lowest BCUT2D eigenvalue weighted by Crippen LogP contribution is -2.44. The maximum atomic E-state index is 12.0. The van der Waals surface area contributed by atoms with Gasteiger partial charge in [0.05, 0.1) is 6.04 Å². The predicted molar refractivity (Wildman–Crippen MR) is 78.2 cm³/mol. The molecule has 2 atom stereocenters. The molecular formula is C15H23N3O. The molecule has 2 unspecified atom stereocenters. The first kappa shape index (κ1) is 14.0. The van der Waals surface area contributed by atoms with Crippen molar-refractivity contribution in [2.24, 2.45) is 0 Å². The molecule has 0 aromatic heterocycles. The molecule has 1 amide bonds. The van der Waals surface area contributed by atoms with Crippen LogP contribution in [-0.2, 0) is 4.79 Å². The van der Waals surface area contributed by atoms with Crippen LogP contribution in [0.15, 0.2) is 30.3 Å². The number of likely N-dealkylation sites (N-methyl/N-ethyl adjacent to an activating group) is 1. The number of rotatable bonds is 5. The van der Waals surface area contributed by atoms with Gasteiger partial charge in [-0.25, -0.2) is 0 Å². The van der Waals surface area contributed by atoms with E-state index < -0.39 is 0 Å². The zero-order valence-corrected chi connectivity index (χ0v) is 11.7. The van der Waals surface area contributed by atoms with E-state index in [1.807, 2.05) is 37.3 Å². The summed E-state index contributed by atoms with van der Waals surface area (Å²) in [5, 5.41) is 6.23. The molecule has 4 heteroatoms. The zero-order valence-electron chi connectivity index (χ0n) is 11.7. The highest BCUT2D eigenvalue weighted by molar-refractivity contribution is 5.94. The van der Waals surface area contributed by atoms with E-state index >= 15 is 0 Å². The van der Waals surface area contributed by atoms with Crippen molar-refractivity contribution in [2.75, 3.05) is 25.5 Å². The molecular weight excluding hydrogens is 238 g/mol. The molecule has 1 aliphatic rings. The summed E-state index contributed by atoms with van der Waals surface area (Å²) in [7, 11) is 2.15. The van der Waals surface area contributed by atoms with Gasteiger partial charge in [0.25, 0.3) is 0 Å². The molecule has 1 heterocycles. The van der Waals surface area contributed by atoms with Crippen LogP contribution < -0.4 is 10.6 Å². The van der Waals surface area contributed by atoms with Gasteiger partial charge in [0.2, 0.25) is 5.91 Å². The van der Waals surface area contributed by atoms with Crippen molar-refractivity contribution >= 4 is 11.6 Å². The Morgan fingerprint density at radius 3 is 2.79 bits per heavy atom. The topological polar surface area (TPSA) is 44.4 Å². The first-order valence-electron chi connectivity index (χ1n) is 6.96. The van der Waals surface area contributed by atoms with Gasteiger partial charge in [-0.3, -0.25) is 4.79 Å². The van der Waals surface area contributed by atoms with Gasteiger partial charge in [-0.1, -0.05) is 18.2 Å². The number of amides is 1. The standard InChI is InChI=1S/C15H23N3O/c1-12(16-11-14-9-6-10-18(14)2)15(19)17-13-7-4-3-5-8-13/h3-5,7-8,12,14,16H,6,9-11H2,1-2H3,(H,17,19). The minimum Gasteiger partial charge on any atom is -0.325 e. The summed E-state index contributed by atoms with van der Waals surface area (Å²) in [6.45, 7) is 3.95. The van der Waals surface area contributed by atoms with E-state index in [0.717, 1.165) is 18.8 Å². The van der Waals surface area contributed by atoms with Gasteiger partial charge in [0.1, 0.15) is 0 Å². The second-order valence-corrected chi connectivity index (χ2v) is 5.26. The molecule has 1 aromatic rings. The van der Waals surface area contributed by atoms with E-state index in [-0.39, 0.29) is 11.9 Å². The summed E-state index contributed by atoms with van der Waals surface area (Å²) in [5.74, 6) is 0.0202. The van der Waals surface area contributed by atoms with Gasteiger partial charge in [0, 0.05) is 18.3 Å². The first-order chi connectivity index (χ1) is 9.16. The Bertz CT molecular complexity index is 407. The third-order valence-corrected chi connectivity index (χ3v) is 3.77. The predicted octanol–water partition coefficient (Wildman–Crippen LogP) is 1.70. The number of hydrogen-bond acceptors (Lipinski definition) is 3. The second-order valence-electron chi connectivity index (χ2n) is 5.26. The number of para-hydroxylation sites is 1. The summed E-state index contributed by atoms with van der Waals surface area (Å²) in [6.07, 6.45) is 2.48. The molecule has 19 heavy (non-hydrogen) atoms. The normalized spacial score (nSPS) is 21.3. The fourth-order valence-corrected chi connectivity index (χ4v) is 2.41. The number of benzene rings is 1. The zero-order chi connectivity index (χ0) is 13.7. The second kappa shape index (κ2) is 6.68. The quantitative estimate of drug-likeness (QED) is 0.848. The van der Waals surface area contributed by atoms with E-state index in [1.165, 1.54) is 12.8 Å². The van der Waals surface area contributed by atoms with Crippen LogP contribution in [0.5, 0.6) is 0 Å². The van der Waals surface area contributed by atoms with Crippen molar-refractivity contribution in [3.8, 4) is 0 Å². The first-order valence-corrected chi connectivity index (χ1v) is 6.96. The Balaban J connectivity index is 1.76. The van der Waals surface area contributed by atoms with Crippen LogP contribution in [0.25, 0.3) is 0 Å². The monoisotopic (exact) mass is 261 g/mol. The van der Waals surface area contributed by atoms with E-state index in [1.54, 1.807) is 0 Å². The average Bonchev–Trinajstić information content (AvgIpc) is 2.82. The van der Waals surface area contributed by atoms with Crippen LogP contribution >= 0.6 is 0 Å². The highest BCUT2D eigenvalue weighted by atomic mass is 16.2. The van der Waals surface area contributed by atoms with Crippen LogP contribution in [0.4, 0.5) is 5.69 Å². The highest BCUT2D eigenvalue weighted by Crippen LogP contribution is 2.13. The molecule has 1 aromatic carbocycles. The SMILES string of the molecule is CC(NCC1CCCN1C)C(=O)Nc1ccccc1. The third kappa shape index (κ3) is 4.04. The summed E-state index contributed by atoms with van der Waals surface area (Å²) < 4.78 is 0. The molecule has 1 saturated heterocycles. The van der Waals surface area contributed by atoms with Gasteiger partial charge >= 0.3 is 0 Å². The Labute approximate surface area is 115 Å². The average molecular weight is 261 g/mol. The van der Waals surface area contributed by atoms with Crippen LogP contribution in [0, 0.1) is 0 Å². The molecule has 0 radical (unpaired) electrons. The van der Waals surface area contributed by atoms with E-state index in [2.05, 4.69) is 22.6 Å². The summed E-state index contributed by atoms with van der Waals surface area (Å²) in [4.78, 5) is 14.4. The summed E-state index contributed by atoms with van der Waals surface area (Å²) >= 11 is 0. The van der Waals surface area contributed by atoms with Crippen LogP contribution in [0.3, 0.4) is 0 Å². The number of likely N-dealkylation sites (tertiary alicyclic amines) is 1. The lowest BCUT2D eigenvalue weighted by Gasteiger charge is -2.22. The largest absolute Gasteiger partial charge is 0.325 e. The molecule has 4 nitrogen and oxygen atoms in total. The fourth-order valence-electron chi connectivity index (χ4n) is 2.41. The Hall–Kier alpha value is -1.39. The fraction of sp³-hybridized carbons (Fsp3) is 0.533. The van der Waals surface area contributed by atoms with Gasteiger partial charge in [0.15, 0.2) is 0 Å². The molecule has 0 aliphatic carbocycles. The molecule has 0 bridgehead atoms. The van der Waals surface area contributed by atoms with Gasteiger partial charge in [-0.2, -0.15) is 0 Å². The minimum absolute atomic E-state index is 0.0202. The van der Waals surface area contributed by atoms with Crippen LogP contribution in [-0.4, -0.2) is 43.0 Å². The number of nitrogens with one attached hydrogen (secondary N) is 2. The number of carbonyl (C=O) groups is 1. The van der Waals surface area contributed by atoms with Crippen molar-refractivity contribution in [3.05, 3.63) is 30.3 Å². The highest BCUT2D eigenvalue weighted by Gasteiger charge is 2.22. The lowest BCUT2D eigenvalue weighted by atomic mass is 10.2. The lowest BCUT2D eigenvalue weighted by molar-refractivity contribution is -0.117. The summed E-state index contributed by atoms with van der Waals surface area (Å²) in [6, 6.07) is 9.96. The Morgan fingerprint density at radius 2 is 2.16 bits per heavy atom. The number of carbonyl (C=O) groups excluding carboxylic acids is 1. The third-order valence-electron chi connectivity index (χ3n) is 3.77. The van der Waals surface area contributed by atoms with Gasteiger partial charge in [-0.15, -0.1) is 0 Å². The maximum Gasteiger partial charge on any atom is 0.241 e. The molecule has 104 valence electrons. The van der Waals surface area contributed by atoms with Crippen molar-refractivity contribution in [1.29, 1.82) is 0 Å². The van der Waals surface area contributed by atoms with Crippen LogP contribution in [0.2, 0.25) is 0 Å². The number of nitrogens with zero attached hydrogens (tertiary/aromatic N) is 1. The minimum atomic E-state index is -0.172. The summed E-state index contributed by atoms with van der Waals surface area (Å²) in [5.41, 5.74) is 0.846. The molecule has 0 spiro atoms. The van der Waals surface area contributed by atoms with Crippen molar-refractivity contribution in [1.82, 2.24) is 10.2 Å². The molecule has 1 aliphatic heterocycles. The van der Waals surface area contributed by atoms with Crippen molar-refractivity contribution in [2.45, 2.75) is 31.8 Å². The molecule has 2 N–H and O–H groups in total. The van der Waals surface area contributed by atoms with Crippen molar-refractivity contribution in [3.63, 3.8) is 0 Å². The van der Waals surface area contributed by atoms with Crippen LogP contribution in [0.1, 0.15) is 19.8 Å². The van der Waals surface area contributed by atoms with Gasteiger partial charge in [-0.05, 0) is 45.5 Å². The molecule has 2 rings (SSSR count). The number of hydrogen-bond donors (Lipinski definition) is 2. The van der Waals surface area contributed by atoms with E-state index in [0.29, 0.717) is 6.04 Å². The number of anilines is 1. The Morgan fingerprint density at radius 1 is 1.42 bits per heavy atom. The molecule has 1 fully saturated rings. The smallest absolute Gasteiger partial charge is 0.241 e. The van der Waals surface area contributed by atoms with E-state index in [9.17, 15) is 4.79 Å². The van der Waals surface area contributed by atoms with Crippen molar-refractivity contribution < 1.29 is 4.79 Å².